The predicted molar refractivity (Wildman–Crippen MR) is 73.1 cm³/mol. The van der Waals surface area contributed by atoms with E-state index in [2.05, 4.69) is 30.3 Å². The van der Waals surface area contributed by atoms with Gasteiger partial charge in [0.2, 0.25) is 0 Å². The molecule has 2 N–H and O–H groups in total. The lowest BCUT2D eigenvalue weighted by Crippen LogP contribution is -2.09. The Hall–Kier alpha value is -1.54. The van der Waals surface area contributed by atoms with Crippen molar-refractivity contribution in [2.24, 2.45) is 5.73 Å². The van der Waals surface area contributed by atoms with Crippen LogP contribution in [0.1, 0.15) is 29.9 Å². The third-order valence-corrected chi connectivity index (χ3v) is 4.21. The van der Waals surface area contributed by atoms with Gasteiger partial charge in [0.1, 0.15) is 5.75 Å². The summed E-state index contributed by atoms with van der Waals surface area (Å²) in [6.07, 6.45) is 3.38. The van der Waals surface area contributed by atoms with Crippen LogP contribution in [0.2, 0.25) is 0 Å². The zero-order valence-corrected chi connectivity index (χ0v) is 10.4. The number of fused-ring (bicyclic) bond motifs is 3. The first-order valence-corrected chi connectivity index (χ1v) is 6.77. The van der Waals surface area contributed by atoms with E-state index in [0.717, 1.165) is 31.6 Å². The third kappa shape index (κ3) is 1.45. The van der Waals surface area contributed by atoms with Gasteiger partial charge in [0.05, 0.1) is 6.61 Å². The van der Waals surface area contributed by atoms with Gasteiger partial charge in [-0.3, -0.25) is 0 Å². The van der Waals surface area contributed by atoms with Gasteiger partial charge in [-0.2, -0.15) is 0 Å². The monoisotopic (exact) mass is 239 g/mol. The maximum absolute atomic E-state index is 6.03. The van der Waals surface area contributed by atoms with Gasteiger partial charge in [-0.25, -0.2) is 0 Å². The fourth-order valence-electron chi connectivity index (χ4n) is 3.16. The molecule has 0 aromatic heterocycles. The molecule has 2 atom stereocenters. The van der Waals surface area contributed by atoms with Crippen molar-refractivity contribution in [3.63, 3.8) is 0 Å². The molecule has 1 fully saturated rings. The van der Waals surface area contributed by atoms with Crippen LogP contribution in [0.15, 0.2) is 30.3 Å². The van der Waals surface area contributed by atoms with Gasteiger partial charge in [-0.15, -0.1) is 0 Å². The van der Waals surface area contributed by atoms with E-state index in [0.29, 0.717) is 12.0 Å². The molecule has 2 aliphatic rings. The van der Waals surface area contributed by atoms with Gasteiger partial charge in [0, 0.05) is 17.5 Å². The topological polar surface area (TPSA) is 35.2 Å². The van der Waals surface area contributed by atoms with Gasteiger partial charge in [0.15, 0.2) is 0 Å². The zero-order chi connectivity index (χ0) is 12.1. The van der Waals surface area contributed by atoms with E-state index in [-0.39, 0.29) is 0 Å². The number of nitrogens with two attached hydrogens (primary N) is 1. The highest BCUT2D eigenvalue weighted by atomic mass is 16.5. The summed E-state index contributed by atoms with van der Waals surface area (Å²) >= 11 is 0. The van der Waals surface area contributed by atoms with E-state index in [1.54, 1.807) is 0 Å². The molecule has 1 saturated carbocycles. The number of hydrogen-bond donors (Lipinski definition) is 1. The van der Waals surface area contributed by atoms with Crippen LogP contribution in [0, 0.1) is 0 Å². The summed E-state index contributed by atoms with van der Waals surface area (Å²) in [5.74, 6) is 1.64. The summed E-state index contributed by atoms with van der Waals surface area (Å²) < 4.78 is 5.78. The summed E-state index contributed by atoms with van der Waals surface area (Å²) in [6.45, 7) is 0.851. The molecule has 2 unspecified atom stereocenters. The van der Waals surface area contributed by atoms with Crippen LogP contribution in [0.3, 0.4) is 0 Å². The summed E-state index contributed by atoms with van der Waals surface area (Å²) in [5, 5.41) is 2.74. The molecule has 1 aliphatic carbocycles. The lowest BCUT2D eigenvalue weighted by atomic mass is 9.92. The van der Waals surface area contributed by atoms with Crippen LogP contribution in [0.5, 0.6) is 5.75 Å². The number of ether oxygens (including phenoxy) is 1. The van der Waals surface area contributed by atoms with Crippen molar-refractivity contribution < 1.29 is 4.74 Å². The molecule has 0 bridgehead atoms. The van der Waals surface area contributed by atoms with Gasteiger partial charge in [-0.05, 0) is 41.7 Å². The van der Waals surface area contributed by atoms with Crippen molar-refractivity contribution in [3.8, 4) is 5.75 Å². The Kier molecular flexibility index (Phi) is 2.15. The lowest BCUT2D eigenvalue weighted by Gasteiger charge is -2.20. The Morgan fingerprint density at radius 1 is 1.17 bits per heavy atom. The molecule has 18 heavy (non-hydrogen) atoms. The molecule has 0 spiro atoms. The largest absolute Gasteiger partial charge is 0.493 e. The molecule has 0 radical (unpaired) electrons. The molecular formula is C16H17NO. The van der Waals surface area contributed by atoms with Crippen molar-refractivity contribution in [1.82, 2.24) is 0 Å². The molecule has 1 heterocycles. The molecular weight excluding hydrogens is 222 g/mol. The second-order valence-corrected chi connectivity index (χ2v) is 5.45. The van der Waals surface area contributed by atoms with Gasteiger partial charge in [-0.1, -0.05) is 24.3 Å². The van der Waals surface area contributed by atoms with E-state index >= 15 is 0 Å². The van der Waals surface area contributed by atoms with Crippen LogP contribution in [-0.4, -0.2) is 12.6 Å². The minimum absolute atomic E-state index is 0.357. The Bertz CT molecular complexity index is 620. The molecule has 2 aromatic rings. The van der Waals surface area contributed by atoms with E-state index in [1.807, 2.05) is 0 Å². The van der Waals surface area contributed by atoms with Crippen LogP contribution in [-0.2, 0) is 6.42 Å². The number of rotatable bonds is 1. The third-order valence-electron chi connectivity index (χ3n) is 4.21. The first-order valence-electron chi connectivity index (χ1n) is 6.77. The first-order chi connectivity index (χ1) is 8.84. The van der Waals surface area contributed by atoms with Gasteiger partial charge in [0.25, 0.3) is 0 Å². The molecule has 0 saturated heterocycles. The molecule has 0 amide bonds. The van der Waals surface area contributed by atoms with Gasteiger partial charge < -0.3 is 10.5 Å². The average Bonchev–Trinajstić information content (AvgIpc) is 3.15. The summed E-state index contributed by atoms with van der Waals surface area (Å²) in [6, 6.07) is 11.2. The van der Waals surface area contributed by atoms with Crippen molar-refractivity contribution in [3.05, 3.63) is 41.5 Å². The SMILES string of the molecule is NC1CC1c1cccc2ccc3c(c12)CCCO3. The zero-order valence-electron chi connectivity index (χ0n) is 10.4. The molecule has 92 valence electrons. The van der Waals surface area contributed by atoms with Crippen molar-refractivity contribution >= 4 is 10.8 Å². The molecule has 4 rings (SSSR count). The second-order valence-electron chi connectivity index (χ2n) is 5.45. The first kappa shape index (κ1) is 10.4. The normalized spacial score (nSPS) is 25.6. The minimum Gasteiger partial charge on any atom is -0.493 e. The minimum atomic E-state index is 0.357. The molecule has 2 nitrogen and oxygen atoms in total. The second kappa shape index (κ2) is 3.72. The highest BCUT2D eigenvalue weighted by molar-refractivity contribution is 5.91. The quantitative estimate of drug-likeness (QED) is 0.830. The maximum Gasteiger partial charge on any atom is 0.123 e. The Labute approximate surface area is 107 Å². The molecule has 1 aliphatic heterocycles. The van der Waals surface area contributed by atoms with Crippen molar-refractivity contribution in [1.29, 1.82) is 0 Å². The Morgan fingerprint density at radius 3 is 2.89 bits per heavy atom. The summed E-state index contributed by atoms with van der Waals surface area (Å²) in [5.41, 5.74) is 8.86. The van der Waals surface area contributed by atoms with E-state index in [9.17, 15) is 0 Å². The fourth-order valence-corrected chi connectivity index (χ4v) is 3.16. The lowest BCUT2D eigenvalue weighted by molar-refractivity contribution is 0.289. The predicted octanol–water partition coefficient (Wildman–Crippen LogP) is 2.98. The molecule has 2 aromatic carbocycles. The van der Waals surface area contributed by atoms with Crippen molar-refractivity contribution in [2.75, 3.05) is 6.61 Å². The standard InChI is InChI=1S/C16H17NO/c17-14-9-13(14)11-4-1-3-10-6-7-15-12(16(10)11)5-2-8-18-15/h1,3-4,6-7,13-14H,2,5,8-9,17H2. The van der Waals surface area contributed by atoms with Gasteiger partial charge >= 0.3 is 0 Å². The highest BCUT2D eigenvalue weighted by Gasteiger charge is 2.36. The van der Waals surface area contributed by atoms with E-state index in [4.69, 9.17) is 10.5 Å². The smallest absolute Gasteiger partial charge is 0.123 e. The maximum atomic E-state index is 6.03. The van der Waals surface area contributed by atoms with Crippen molar-refractivity contribution in [2.45, 2.75) is 31.2 Å². The Balaban J connectivity index is 2.00. The summed E-state index contributed by atoms with van der Waals surface area (Å²) in [7, 11) is 0. The number of benzene rings is 2. The average molecular weight is 239 g/mol. The fraction of sp³-hybridized carbons (Fsp3) is 0.375. The highest BCUT2D eigenvalue weighted by Crippen LogP contribution is 2.45. The van der Waals surface area contributed by atoms with Crippen LogP contribution >= 0.6 is 0 Å². The van der Waals surface area contributed by atoms with Crippen LogP contribution < -0.4 is 10.5 Å². The van der Waals surface area contributed by atoms with Crippen LogP contribution in [0.4, 0.5) is 0 Å². The molecule has 2 heteroatoms. The number of aryl methyl sites for hydroxylation is 1. The van der Waals surface area contributed by atoms with Crippen LogP contribution in [0.25, 0.3) is 10.8 Å². The Morgan fingerprint density at radius 2 is 2.06 bits per heavy atom. The van der Waals surface area contributed by atoms with E-state index < -0.39 is 0 Å². The summed E-state index contributed by atoms with van der Waals surface area (Å²) in [4.78, 5) is 0. The number of hydrogen-bond acceptors (Lipinski definition) is 2. The van der Waals surface area contributed by atoms with E-state index in [1.165, 1.54) is 21.9 Å².